The van der Waals surface area contributed by atoms with Crippen LogP contribution in [-0.4, -0.2) is 27.3 Å². The van der Waals surface area contributed by atoms with Gasteiger partial charge in [-0.1, -0.05) is 11.2 Å². The van der Waals surface area contributed by atoms with E-state index in [0.29, 0.717) is 40.9 Å². The minimum absolute atomic E-state index is 0.0976. The van der Waals surface area contributed by atoms with E-state index in [1.165, 1.54) is 0 Å². The molecule has 0 bridgehead atoms. The minimum Gasteiger partial charge on any atom is -0.393 e. The standard InChI is InChI=1S/C18H19N3O3S/c1-9-6-13(15-10(2)21-24-18(15)19-9)17(23)20-16(11-7-12(22)8-11)14-4-3-5-25-14/h3-6,11-12,16,22H,7-8H2,1-2H3,(H,20,23)/t11?,12?,16-/m0/s1. The Hall–Kier alpha value is -2.25. The predicted octanol–water partition coefficient (Wildman–Crippen LogP) is 3.14. The Bertz CT molecular complexity index is 913. The maximum absolute atomic E-state index is 13.0. The summed E-state index contributed by atoms with van der Waals surface area (Å²) in [5, 5.41) is 19.4. The molecule has 1 aliphatic carbocycles. The number of fused-ring (bicyclic) bond motifs is 1. The number of aliphatic hydroxyl groups excluding tert-OH is 1. The third kappa shape index (κ3) is 2.94. The van der Waals surface area contributed by atoms with Crippen molar-refractivity contribution in [2.45, 2.75) is 38.8 Å². The van der Waals surface area contributed by atoms with Gasteiger partial charge in [0.15, 0.2) is 0 Å². The third-order valence-electron chi connectivity index (χ3n) is 4.75. The Morgan fingerprint density at radius 3 is 2.92 bits per heavy atom. The highest BCUT2D eigenvalue weighted by Gasteiger charge is 2.36. The zero-order valence-electron chi connectivity index (χ0n) is 14.0. The molecule has 1 atom stereocenters. The van der Waals surface area contributed by atoms with Gasteiger partial charge in [0.2, 0.25) is 0 Å². The molecule has 1 amide bonds. The summed E-state index contributed by atoms with van der Waals surface area (Å²) in [5.74, 6) is 0.0844. The first-order valence-corrected chi connectivity index (χ1v) is 9.17. The smallest absolute Gasteiger partial charge is 0.258 e. The normalized spacial score (nSPS) is 21.1. The monoisotopic (exact) mass is 357 g/mol. The van der Waals surface area contributed by atoms with Crippen LogP contribution in [0.25, 0.3) is 11.1 Å². The van der Waals surface area contributed by atoms with Crippen LogP contribution in [0.15, 0.2) is 28.1 Å². The Kier molecular flexibility index (Phi) is 4.05. The molecule has 2 N–H and O–H groups in total. The molecule has 1 saturated carbocycles. The van der Waals surface area contributed by atoms with Gasteiger partial charge in [0, 0.05) is 10.6 Å². The average molecular weight is 357 g/mol. The van der Waals surface area contributed by atoms with Gasteiger partial charge >= 0.3 is 0 Å². The molecule has 3 aromatic heterocycles. The molecule has 6 nitrogen and oxygen atoms in total. The molecule has 3 heterocycles. The first kappa shape index (κ1) is 16.2. The van der Waals surface area contributed by atoms with Crippen LogP contribution in [0.3, 0.4) is 0 Å². The second-order valence-electron chi connectivity index (χ2n) is 6.61. The predicted molar refractivity (Wildman–Crippen MR) is 94.5 cm³/mol. The van der Waals surface area contributed by atoms with Crippen molar-refractivity contribution < 1.29 is 14.4 Å². The molecule has 130 valence electrons. The largest absolute Gasteiger partial charge is 0.393 e. The van der Waals surface area contributed by atoms with Gasteiger partial charge in [0.1, 0.15) is 0 Å². The fraction of sp³-hybridized carbons (Fsp3) is 0.389. The number of nitrogens with zero attached hydrogens (tertiary/aromatic N) is 2. The number of hydrogen-bond donors (Lipinski definition) is 2. The molecule has 0 aromatic carbocycles. The Morgan fingerprint density at radius 1 is 1.44 bits per heavy atom. The zero-order valence-corrected chi connectivity index (χ0v) is 14.8. The molecule has 25 heavy (non-hydrogen) atoms. The van der Waals surface area contributed by atoms with Crippen molar-refractivity contribution in [3.05, 3.63) is 45.4 Å². The van der Waals surface area contributed by atoms with Crippen LogP contribution in [0.4, 0.5) is 0 Å². The number of thiophene rings is 1. The van der Waals surface area contributed by atoms with Crippen LogP contribution >= 0.6 is 11.3 Å². The minimum atomic E-state index is -0.264. The number of aromatic nitrogens is 2. The number of nitrogens with one attached hydrogen (secondary N) is 1. The number of hydrogen-bond acceptors (Lipinski definition) is 6. The first-order valence-electron chi connectivity index (χ1n) is 8.29. The number of amides is 1. The quantitative estimate of drug-likeness (QED) is 0.749. The first-order chi connectivity index (χ1) is 12.0. The maximum Gasteiger partial charge on any atom is 0.258 e. The van der Waals surface area contributed by atoms with Crippen LogP contribution in [0.1, 0.15) is 45.5 Å². The average Bonchev–Trinajstić information content (AvgIpc) is 3.19. The number of pyridine rings is 1. The van der Waals surface area contributed by atoms with Crippen molar-refractivity contribution >= 4 is 28.3 Å². The van der Waals surface area contributed by atoms with Gasteiger partial charge in [-0.15, -0.1) is 11.3 Å². The molecule has 0 spiro atoms. The fourth-order valence-electron chi connectivity index (χ4n) is 3.41. The SMILES string of the molecule is Cc1cc(C(=O)N[C@H](c2cccs2)C2CC(O)C2)c2c(C)noc2n1. The van der Waals surface area contributed by atoms with E-state index in [9.17, 15) is 9.90 Å². The summed E-state index contributed by atoms with van der Waals surface area (Å²) in [5.41, 5.74) is 2.27. The fourth-order valence-corrected chi connectivity index (χ4v) is 4.28. The number of aryl methyl sites for hydroxylation is 2. The molecule has 0 radical (unpaired) electrons. The van der Waals surface area contributed by atoms with E-state index >= 15 is 0 Å². The van der Waals surface area contributed by atoms with E-state index in [4.69, 9.17) is 4.52 Å². The molecule has 0 saturated heterocycles. The third-order valence-corrected chi connectivity index (χ3v) is 5.70. The summed E-state index contributed by atoms with van der Waals surface area (Å²) in [6, 6.07) is 5.67. The second-order valence-corrected chi connectivity index (χ2v) is 7.59. The highest BCUT2D eigenvalue weighted by atomic mass is 32.1. The molecule has 0 unspecified atom stereocenters. The van der Waals surface area contributed by atoms with Crippen LogP contribution in [0, 0.1) is 19.8 Å². The lowest BCUT2D eigenvalue weighted by Crippen LogP contribution is -2.41. The van der Waals surface area contributed by atoms with Crippen molar-refractivity contribution in [2.24, 2.45) is 5.92 Å². The summed E-state index contributed by atoms with van der Waals surface area (Å²) in [6.45, 7) is 3.63. The van der Waals surface area contributed by atoms with E-state index in [1.54, 1.807) is 24.3 Å². The second kappa shape index (κ2) is 6.24. The van der Waals surface area contributed by atoms with Gasteiger partial charge in [0.25, 0.3) is 11.6 Å². The van der Waals surface area contributed by atoms with E-state index in [2.05, 4.69) is 15.5 Å². The summed E-state index contributed by atoms with van der Waals surface area (Å²) < 4.78 is 5.22. The van der Waals surface area contributed by atoms with Gasteiger partial charge in [-0.25, -0.2) is 4.98 Å². The van der Waals surface area contributed by atoms with Crippen molar-refractivity contribution in [3.63, 3.8) is 0 Å². The van der Waals surface area contributed by atoms with Crippen molar-refractivity contribution in [2.75, 3.05) is 0 Å². The zero-order chi connectivity index (χ0) is 17.6. The molecule has 0 aliphatic heterocycles. The summed E-state index contributed by atoms with van der Waals surface area (Å²) in [7, 11) is 0. The number of aliphatic hydroxyl groups is 1. The molecule has 1 aliphatic rings. The van der Waals surface area contributed by atoms with E-state index in [0.717, 1.165) is 4.88 Å². The Labute approximate surface area is 148 Å². The number of carbonyl (C=O) groups is 1. The topological polar surface area (TPSA) is 88.2 Å². The van der Waals surface area contributed by atoms with E-state index in [1.807, 2.05) is 24.4 Å². The van der Waals surface area contributed by atoms with Crippen LogP contribution in [-0.2, 0) is 0 Å². The lowest BCUT2D eigenvalue weighted by molar-refractivity contribution is 0.0241. The molecule has 1 fully saturated rings. The maximum atomic E-state index is 13.0. The van der Waals surface area contributed by atoms with Gasteiger partial charge in [-0.2, -0.15) is 0 Å². The number of carbonyl (C=O) groups excluding carboxylic acids is 1. The Morgan fingerprint density at radius 2 is 2.24 bits per heavy atom. The van der Waals surface area contributed by atoms with Gasteiger partial charge in [0.05, 0.1) is 28.8 Å². The van der Waals surface area contributed by atoms with Crippen molar-refractivity contribution in [1.29, 1.82) is 0 Å². The van der Waals surface area contributed by atoms with E-state index < -0.39 is 0 Å². The molecule has 7 heteroatoms. The van der Waals surface area contributed by atoms with Crippen LogP contribution in [0.2, 0.25) is 0 Å². The van der Waals surface area contributed by atoms with Crippen molar-refractivity contribution in [1.82, 2.24) is 15.5 Å². The van der Waals surface area contributed by atoms with Gasteiger partial charge < -0.3 is 14.9 Å². The van der Waals surface area contributed by atoms with Gasteiger partial charge in [-0.05, 0) is 50.1 Å². The molecule has 3 aromatic rings. The summed E-state index contributed by atoms with van der Waals surface area (Å²) >= 11 is 1.62. The highest BCUT2D eigenvalue weighted by molar-refractivity contribution is 7.10. The van der Waals surface area contributed by atoms with Crippen LogP contribution in [0.5, 0.6) is 0 Å². The van der Waals surface area contributed by atoms with Crippen LogP contribution < -0.4 is 5.32 Å². The van der Waals surface area contributed by atoms with Gasteiger partial charge in [-0.3, -0.25) is 4.79 Å². The molecular formula is C18H19N3O3S. The molecular weight excluding hydrogens is 338 g/mol. The Balaban J connectivity index is 1.67. The number of rotatable bonds is 4. The lowest BCUT2D eigenvalue weighted by Gasteiger charge is -2.37. The lowest BCUT2D eigenvalue weighted by atomic mass is 9.76. The summed E-state index contributed by atoms with van der Waals surface area (Å²) in [4.78, 5) is 18.4. The summed E-state index contributed by atoms with van der Waals surface area (Å²) in [6.07, 6.45) is 1.15. The molecule has 4 rings (SSSR count). The highest BCUT2D eigenvalue weighted by Crippen LogP contribution is 2.39. The van der Waals surface area contributed by atoms with Crippen molar-refractivity contribution in [3.8, 4) is 0 Å². The van der Waals surface area contributed by atoms with E-state index in [-0.39, 0.29) is 24.0 Å².